The molecule has 1 N–H and O–H groups in total. The Morgan fingerprint density at radius 3 is 3.00 bits per heavy atom. The van der Waals surface area contributed by atoms with Crippen molar-refractivity contribution in [2.24, 2.45) is 11.3 Å². The lowest BCUT2D eigenvalue weighted by Crippen LogP contribution is -2.36. The minimum Gasteiger partial charge on any atom is -0.396 e. The Kier molecular flexibility index (Phi) is 3.43. The molecule has 1 saturated heterocycles. The second-order valence-electron chi connectivity index (χ2n) is 5.76. The van der Waals surface area contributed by atoms with Crippen LogP contribution in [-0.2, 0) is 11.2 Å². The number of aromatic nitrogens is 1. The Balaban J connectivity index is 1.69. The zero-order valence-electron chi connectivity index (χ0n) is 10.9. The topological polar surface area (TPSA) is 42.4 Å². The van der Waals surface area contributed by atoms with Crippen molar-refractivity contribution in [1.29, 1.82) is 0 Å². The second-order valence-corrected chi connectivity index (χ2v) is 6.70. The fraction of sp³-hybridized carbons (Fsp3) is 0.786. The minimum absolute atomic E-state index is 0.0115. The normalized spacial score (nSPS) is 32.0. The van der Waals surface area contributed by atoms with Crippen LogP contribution in [0.4, 0.5) is 0 Å². The smallest absolute Gasteiger partial charge is 0.0797 e. The average Bonchev–Trinajstić information content (AvgIpc) is 3.01. The van der Waals surface area contributed by atoms with E-state index in [0.29, 0.717) is 12.0 Å². The van der Waals surface area contributed by atoms with Gasteiger partial charge in [-0.05, 0) is 44.9 Å². The van der Waals surface area contributed by atoms with Crippen LogP contribution in [-0.4, -0.2) is 29.4 Å². The molecule has 100 valence electrons. The van der Waals surface area contributed by atoms with Gasteiger partial charge in [0.2, 0.25) is 0 Å². The van der Waals surface area contributed by atoms with E-state index in [9.17, 15) is 5.11 Å². The number of hydrogen-bond acceptors (Lipinski definition) is 4. The molecular weight excluding hydrogens is 246 g/mol. The summed E-state index contributed by atoms with van der Waals surface area (Å²) >= 11 is 1.73. The SMILES string of the molecule is Cc1ncsc1CCC1(CO)CCOC1C1CC1. The van der Waals surface area contributed by atoms with Crippen LogP contribution in [0.15, 0.2) is 5.51 Å². The number of rotatable bonds is 5. The lowest BCUT2D eigenvalue weighted by Gasteiger charge is -2.32. The summed E-state index contributed by atoms with van der Waals surface area (Å²) in [4.78, 5) is 5.67. The third-order valence-electron chi connectivity index (χ3n) is 4.56. The fourth-order valence-corrected chi connectivity index (χ4v) is 3.97. The molecule has 2 heterocycles. The van der Waals surface area contributed by atoms with Crippen molar-refractivity contribution >= 4 is 11.3 Å². The zero-order valence-corrected chi connectivity index (χ0v) is 11.7. The van der Waals surface area contributed by atoms with Crippen molar-refractivity contribution in [3.63, 3.8) is 0 Å². The number of thiazole rings is 1. The molecule has 0 bridgehead atoms. The maximum atomic E-state index is 9.87. The molecule has 0 amide bonds. The lowest BCUT2D eigenvalue weighted by atomic mass is 9.75. The van der Waals surface area contributed by atoms with Gasteiger partial charge in [-0.25, -0.2) is 4.98 Å². The molecule has 0 aromatic carbocycles. The third-order valence-corrected chi connectivity index (χ3v) is 5.56. The minimum atomic E-state index is 0.0115. The Hall–Kier alpha value is -0.450. The maximum absolute atomic E-state index is 9.87. The van der Waals surface area contributed by atoms with E-state index >= 15 is 0 Å². The standard InChI is InChI=1S/C14H21NO2S/c1-10-12(18-9-15-10)4-5-14(8-16)6-7-17-13(14)11-2-3-11/h9,11,13,16H,2-8H2,1H3. The number of aliphatic hydroxyl groups excluding tert-OH is 1. The van der Waals surface area contributed by atoms with Crippen LogP contribution in [0.25, 0.3) is 0 Å². The summed E-state index contributed by atoms with van der Waals surface area (Å²) in [7, 11) is 0. The Labute approximate surface area is 112 Å². The zero-order chi connectivity index (χ0) is 12.6. The first kappa shape index (κ1) is 12.6. The van der Waals surface area contributed by atoms with E-state index in [4.69, 9.17) is 4.74 Å². The Morgan fingerprint density at radius 1 is 1.56 bits per heavy atom. The van der Waals surface area contributed by atoms with E-state index in [1.165, 1.54) is 17.7 Å². The first-order chi connectivity index (χ1) is 8.75. The summed E-state index contributed by atoms with van der Waals surface area (Å²) in [6, 6.07) is 0. The predicted octanol–water partition coefficient (Wildman–Crippen LogP) is 2.56. The maximum Gasteiger partial charge on any atom is 0.0797 e. The Bertz CT molecular complexity index is 416. The average molecular weight is 267 g/mol. The summed E-state index contributed by atoms with van der Waals surface area (Å²) in [5.74, 6) is 0.710. The molecule has 18 heavy (non-hydrogen) atoms. The summed E-state index contributed by atoms with van der Waals surface area (Å²) in [5.41, 5.74) is 3.08. The monoisotopic (exact) mass is 267 g/mol. The fourth-order valence-electron chi connectivity index (χ4n) is 3.19. The molecular formula is C14H21NO2S. The summed E-state index contributed by atoms with van der Waals surface area (Å²) in [6.07, 6.45) is 5.95. The molecule has 1 aromatic rings. The highest BCUT2D eigenvalue weighted by molar-refractivity contribution is 7.09. The third kappa shape index (κ3) is 2.22. The molecule has 1 aliphatic heterocycles. The summed E-state index contributed by atoms with van der Waals surface area (Å²) < 4.78 is 5.91. The highest BCUT2D eigenvalue weighted by atomic mass is 32.1. The van der Waals surface area contributed by atoms with Crippen LogP contribution in [0.2, 0.25) is 0 Å². The van der Waals surface area contributed by atoms with E-state index in [-0.39, 0.29) is 12.0 Å². The Morgan fingerprint density at radius 2 is 2.39 bits per heavy atom. The van der Waals surface area contributed by atoms with Gasteiger partial charge in [0.15, 0.2) is 0 Å². The van der Waals surface area contributed by atoms with Gasteiger partial charge >= 0.3 is 0 Å². The first-order valence-corrected chi connectivity index (χ1v) is 7.74. The largest absolute Gasteiger partial charge is 0.396 e. The number of ether oxygens (including phenoxy) is 1. The highest BCUT2D eigenvalue weighted by Gasteiger charge is 2.50. The van der Waals surface area contributed by atoms with Crippen molar-refractivity contribution in [3.8, 4) is 0 Å². The van der Waals surface area contributed by atoms with E-state index in [1.807, 2.05) is 5.51 Å². The van der Waals surface area contributed by atoms with Crippen LogP contribution >= 0.6 is 11.3 Å². The molecule has 3 nitrogen and oxygen atoms in total. The predicted molar refractivity (Wildman–Crippen MR) is 71.8 cm³/mol. The quantitative estimate of drug-likeness (QED) is 0.891. The van der Waals surface area contributed by atoms with Gasteiger partial charge in [-0.3, -0.25) is 0 Å². The first-order valence-electron chi connectivity index (χ1n) is 6.86. The number of aliphatic hydroxyl groups is 1. The number of aryl methyl sites for hydroxylation is 2. The molecule has 2 unspecified atom stereocenters. The van der Waals surface area contributed by atoms with Gasteiger partial charge in [-0.2, -0.15) is 0 Å². The van der Waals surface area contributed by atoms with Crippen molar-refractivity contribution in [1.82, 2.24) is 4.98 Å². The van der Waals surface area contributed by atoms with Gasteiger partial charge in [0, 0.05) is 16.9 Å². The summed E-state index contributed by atoms with van der Waals surface area (Å²) in [6.45, 7) is 3.16. The van der Waals surface area contributed by atoms with Gasteiger partial charge in [0.25, 0.3) is 0 Å². The molecule has 0 radical (unpaired) electrons. The molecule has 2 aliphatic rings. The molecule has 1 saturated carbocycles. The van der Waals surface area contributed by atoms with Gasteiger partial charge in [-0.1, -0.05) is 0 Å². The van der Waals surface area contributed by atoms with E-state index in [2.05, 4.69) is 11.9 Å². The molecule has 2 fully saturated rings. The van der Waals surface area contributed by atoms with Crippen LogP contribution in [0.3, 0.4) is 0 Å². The molecule has 4 heteroatoms. The van der Waals surface area contributed by atoms with Crippen molar-refractivity contribution in [2.75, 3.05) is 13.2 Å². The van der Waals surface area contributed by atoms with Crippen LogP contribution in [0.1, 0.15) is 36.3 Å². The molecule has 3 rings (SSSR count). The van der Waals surface area contributed by atoms with Crippen molar-refractivity contribution in [3.05, 3.63) is 16.1 Å². The van der Waals surface area contributed by atoms with Crippen LogP contribution < -0.4 is 0 Å². The summed E-state index contributed by atoms with van der Waals surface area (Å²) in [5, 5.41) is 9.87. The van der Waals surface area contributed by atoms with E-state index in [0.717, 1.165) is 31.6 Å². The van der Waals surface area contributed by atoms with Crippen molar-refractivity contribution in [2.45, 2.75) is 45.1 Å². The lowest BCUT2D eigenvalue weighted by molar-refractivity contribution is -0.00395. The number of hydrogen-bond donors (Lipinski definition) is 1. The second kappa shape index (κ2) is 4.91. The number of nitrogens with zero attached hydrogens (tertiary/aromatic N) is 1. The van der Waals surface area contributed by atoms with Gasteiger partial charge in [-0.15, -0.1) is 11.3 Å². The van der Waals surface area contributed by atoms with Gasteiger partial charge < -0.3 is 9.84 Å². The molecule has 0 spiro atoms. The van der Waals surface area contributed by atoms with Gasteiger partial charge in [0.1, 0.15) is 0 Å². The highest BCUT2D eigenvalue weighted by Crippen LogP contribution is 2.49. The molecule has 1 aromatic heterocycles. The van der Waals surface area contributed by atoms with E-state index in [1.54, 1.807) is 11.3 Å². The van der Waals surface area contributed by atoms with Crippen LogP contribution in [0, 0.1) is 18.3 Å². The van der Waals surface area contributed by atoms with E-state index < -0.39 is 0 Å². The van der Waals surface area contributed by atoms with Crippen LogP contribution in [0.5, 0.6) is 0 Å². The molecule has 2 atom stereocenters. The van der Waals surface area contributed by atoms with Gasteiger partial charge in [0.05, 0.1) is 23.9 Å². The molecule has 1 aliphatic carbocycles. The van der Waals surface area contributed by atoms with Crippen molar-refractivity contribution < 1.29 is 9.84 Å².